The zero-order valence-corrected chi connectivity index (χ0v) is 20.0. The molecule has 1 aromatic heterocycles. The number of aromatic nitrogens is 3. The normalized spacial score (nSPS) is 17.8. The Labute approximate surface area is 194 Å². The summed E-state index contributed by atoms with van der Waals surface area (Å²) in [5, 5.41) is 7.90. The van der Waals surface area contributed by atoms with Gasteiger partial charge in [-0.15, -0.1) is 5.10 Å². The molecule has 2 fully saturated rings. The number of carbonyl (C=O) groups excluding carboxylic acids is 1. The molecule has 0 radical (unpaired) electrons. The molecule has 1 amide bonds. The zero-order chi connectivity index (χ0) is 22.3. The Morgan fingerprint density at radius 1 is 1.03 bits per heavy atom. The van der Waals surface area contributed by atoms with E-state index in [1.54, 1.807) is 14.2 Å². The Balaban J connectivity index is 1.43. The summed E-state index contributed by atoms with van der Waals surface area (Å²) < 4.78 is 10.7. The summed E-state index contributed by atoms with van der Waals surface area (Å²) in [4.78, 5) is 20.2. The molecule has 0 atom stereocenters. The van der Waals surface area contributed by atoms with Crippen LogP contribution in [0.5, 0.6) is 11.5 Å². The van der Waals surface area contributed by atoms with Crippen molar-refractivity contribution in [3.05, 3.63) is 18.2 Å². The van der Waals surface area contributed by atoms with Crippen molar-refractivity contribution in [3.8, 4) is 22.9 Å². The fraction of sp³-hybridized carbons (Fsp3) is 0.625. The summed E-state index contributed by atoms with van der Waals surface area (Å²) in [6, 6.07) is 6.40. The molecule has 174 valence electrons. The summed E-state index contributed by atoms with van der Waals surface area (Å²) in [5.74, 6) is 2.62. The van der Waals surface area contributed by atoms with E-state index in [1.807, 2.05) is 18.2 Å². The van der Waals surface area contributed by atoms with Gasteiger partial charge in [0.1, 0.15) is 11.5 Å². The van der Waals surface area contributed by atoms with E-state index in [4.69, 9.17) is 9.47 Å². The second-order valence-electron chi connectivity index (χ2n) is 8.71. The number of thioether (sulfide) groups is 1. The molecule has 2 aliphatic carbocycles. The maximum Gasteiger partial charge on any atom is 0.233 e. The SMILES string of the molecule is COc1ccc(-c2nc(SCC(=O)N(C3CCCCC3)C3CCCCC3)n[nH]2)c(OC)c1. The second kappa shape index (κ2) is 11.1. The number of methoxy groups -OCH3 is 2. The number of benzene rings is 1. The maximum atomic E-state index is 13.4. The van der Waals surface area contributed by atoms with Crippen LogP contribution < -0.4 is 9.47 Å². The van der Waals surface area contributed by atoms with Crippen molar-refractivity contribution in [2.75, 3.05) is 20.0 Å². The monoisotopic (exact) mass is 458 g/mol. The van der Waals surface area contributed by atoms with Crippen molar-refractivity contribution in [1.82, 2.24) is 20.1 Å². The first kappa shape index (κ1) is 23.0. The molecular formula is C24H34N4O3S. The molecule has 0 spiro atoms. The lowest BCUT2D eigenvalue weighted by Crippen LogP contribution is -2.49. The Hall–Kier alpha value is -2.22. The molecule has 4 rings (SSSR count). The van der Waals surface area contributed by atoms with Gasteiger partial charge in [0, 0.05) is 18.2 Å². The number of aromatic amines is 1. The number of nitrogens with one attached hydrogen (secondary N) is 1. The molecule has 0 unspecified atom stereocenters. The zero-order valence-electron chi connectivity index (χ0n) is 19.1. The molecular weight excluding hydrogens is 424 g/mol. The lowest BCUT2D eigenvalue weighted by Gasteiger charge is -2.41. The first-order valence-corrected chi connectivity index (χ1v) is 12.8. The highest BCUT2D eigenvalue weighted by Crippen LogP contribution is 2.33. The van der Waals surface area contributed by atoms with Gasteiger partial charge >= 0.3 is 0 Å². The van der Waals surface area contributed by atoms with Gasteiger partial charge in [0.05, 0.1) is 25.5 Å². The van der Waals surface area contributed by atoms with Gasteiger partial charge in [-0.3, -0.25) is 9.89 Å². The number of amides is 1. The average molecular weight is 459 g/mol. The highest BCUT2D eigenvalue weighted by atomic mass is 32.2. The number of carbonyl (C=O) groups is 1. The number of nitrogens with zero attached hydrogens (tertiary/aromatic N) is 3. The molecule has 0 saturated heterocycles. The Bertz CT molecular complexity index is 873. The molecule has 8 heteroatoms. The number of hydrogen-bond acceptors (Lipinski definition) is 6. The Morgan fingerprint density at radius 3 is 2.28 bits per heavy atom. The lowest BCUT2D eigenvalue weighted by atomic mass is 9.88. The van der Waals surface area contributed by atoms with E-state index in [9.17, 15) is 4.79 Å². The van der Waals surface area contributed by atoms with E-state index in [2.05, 4.69) is 20.1 Å². The molecule has 1 aromatic carbocycles. The third kappa shape index (κ3) is 5.39. The summed E-state index contributed by atoms with van der Waals surface area (Å²) in [6.45, 7) is 0. The van der Waals surface area contributed by atoms with Gasteiger partial charge < -0.3 is 14.4 Å². The topological polar surface area (TPSA) is 80.3 Å². The summed E-state index contributed by atoms with van der Waals surface area (Å²) in [5.41, 5.74) is 0.810. The lowest BCUT2D eigenvalue weighted by molar-refractivity contribution is -0.135. The molecule has 2 saturated carbocycles. The van der Waals surface area contributed by atoms with Crippen molar-refractivity contribution in [1.29, 1.82) is 0 Å². The molecule has 7 nitrogen and oxygen atoms in total. The second-order valence-corrected chi connectivity index (χ2v) is 9.65. The van der Waals surface area contributed by atoms with Crippen LogP contribution in [0.3, 0.4) is 0 Å². The average Bonchev–Trinajstić information content (AvgIpc) is 3.32. The first-order chi connectivity index (χ1) is 15.7. The third-order valence-corrected chi connectivity index (χ3v) is 7.51. The molecule has 2 aromatic rings. The number of H-pyrrole nitrogens is 1. The molecule has 1 heterocycles. The van der Waals surface area contributed by atoms with Crippen molar-refractivity contribution in [2.45, 2.75) is 81.4 Å². The van der Waals surface area contributed by atoms with Crippen LogP contribution in [0.1, 0.15) is 64.2 Å². The summed E-state index contributed by atoms with van der Waals surface area (Å²) >= 11 is 1.41. The predicted molar refractivity (Wildman–Crippen MR) is 126 cm³/mol. The minimum atomic E-state index is 0.238. The van der Waals surface area contributed by atoms with Crippen LogP contribution in [0, 0.1) is 0 Å². The van der Waals surface area contributed by atoms with Gasteiger partial charge in [0.2, 0.25) is 11.1 Å². The number of ether oxygens (including phenoxy) is 2. The van der Waals surface area contributed by atoms with Crippen LogP contribution in [0.15, 0.2) is 23.4 Å². The van der Waals surface area contributed by atoms with E-state index < -0.39 is 0 Å². The minimum absolute atomic E-state index is 0.238. The molecule has 0 aliphatic heterocycles. The molecule has 2 aliphatic rings. The largest absolute Gasteiger partial charge is 0.497 e. The van der Waals surface area contributed by atoms with Gasteiger partial charge in [-0.2, -0.15) is 0 Å². The van der Waals surface area contributed by atoms with E-state index in [-0.39, 0.29) is 5.91 Å². The van der Waals surface area contributed by atoms with Crippen LogP contribution in [-0.4, -0.2) is 58.0 Å². The van der Waals surface area contributed by atoms with Crippen molar-refractivity contribution < 1.29 is 14.3 Å². The molecule has 32 heavy (non-hydrogen) atoms. The summed E-state index contributed by atoms with van der Waals surface area (Å²) in [7, 11) is 3.24. The first-order valence-electron chi connectivity index (χ1n) is 11.8. The van der Waals surface area contributed by atoms with Gasteiger partial charge in [-0.25, -0.2) is 4.98 Å². The fourth-order valence-corrected chi connectivity index (χ4v) is 5.72. The van der Waals surface area contributed by atoms with Gasteiger partial charge in [0.15, 0.2) is 5.82 Å². The van der Waals surface area contributed by atoms with Crippen LogP contribution >= 0.6 is 11.8 Å². The standard InChI is InChI=1S/C24H34N4O3S/c1-30-19-13-14-20(21(15-19)31-2)23-25-24(27-26-23)32-16-22(29)28(17-9-5-3-6-10-17)18-11-7-4-8-12-18/h13-15,17-18H,3-12,16H2,1-2H3,(H,25,26,27). The van der Waals surface area contributed by atoms with E-state index in [0.29, 0.717) is 34.6 Å². The van der Waals surface area contributed by atoms with Gasteiger partial charge in [-0.1, -0.05) is 50.3 Å². The van der Waals surface area contributed by atoms with Crippen LogP contribution in [0.2, 0.25) is 0 Å². The molecule has 1 N–H and O–H groups in total. The van der Waals surface area contributed by atoms with Gasteiger partial charge in [0.25, 0.3) is 0 Å². The van der Waals surface area contributed by atoms with Crippen molar-refractivity contribution in [3.63, 3.8) is 0 Å². The summed E-state index contributed by atoms with van der Waals surface area (Å²) in [6.07, 6.45) is 12.1. The van der Waals surface area contributed by atoms with Crippen molar-refractivity contribution in [2.24, 2.45) is 0 Å². The van der Waals surface area contributed by atoms with Crippen LogP contribution in [0.25, 0.3) is 11.4 Å². The van der Waals surface area contributed by atoms with Crippen LogP contribution in [-0.2, 0) is 4.79 Å². The van der Waals surface area contributed by atoms with Gasteiger partial charge in [-0.05, 0) is 37.8 Å². The maximum absolute atomic E-state index is 13.4. The Morgan fingerprint density at radius 2 is 1.69 bits per heavy atom. The van der Waals surface area contributed by atoms with E-state index in [0.717, 1.165) is 37.0 Å². The Kier molecular flexibility index (Phi) is 7.95. The highest BCUT2D eigenvalue weighted by Gasteiger charge is 2.32. The predicted octanol–water partition coefficient (Wildman–Crippen LogP) is 5.08. The quantitative estimate of drug-likeness (QED) is 0.556. The van der Waals surface area contributed by atoms with Crippen molar-refractivity contribution >= 4 is 17.7 Å². The minimum Gasteiger partial charge on any atom is -0.497 e. The number of hydrogen-bond donors (Lipinski definition) is 1. The van der Waals surface area contributed by atoms with Crippen LogP contribution in [0.4, 0.5) is 0 Å². The third-order valence-electron chi connectivity index (χ3n) is 6.68. The smallest absolute Gasteiger partial charge is 0.233 e. The molecule has 0 bridgehead atoms. The fourth-order valence-electron chi connectivity index (χ4n) is 5.05. The van der Waals surface area contributed by atoms with E-state index in [1.165, 1.54) is 50.3 Å². The highest BCUT2D eigenvalue weighted by molar-refractivity contribution is 7.99. The van der Waals surface area contributed by atoms with E-state index >= 15 is 0 Å². The number of rotatable bonds is 8.